The van der Waals surface area contributed by atoms with Gasteiger partial charge in [-0.05, 0) is 12.5 Å². The zero-order valence-corrected chi connectivity index (χ0v) is 11.7. The minimum atomic E-state index is -0.0784. The minimum Gasteiger partial charge on any atom is -0.491 e. The van der Waals surface area contributed by atoms with Gasteiger partial charge in [-0.15, -0.1) is 0 Å². The molecule has 0 aromatic heterocycles. The Labute approximate surface area is 115 Å². The lowest BCUT2D eigenvalue weighted by molar-refractivity contribution is 0.109. The van der Waals surface area contributed by atoms with Crippen LogP contribution >= 0.6 is 0 Å². The van der Waals surface area contributed by atoms with E-state index in [2.05, 4.69) is 12.3 Å². The third-order valence-corrected chi connectivity index (χ3v) is 2.67. The molecule has 0 bridgehead atoms. The number of hydrazine groups is 1. The van der Waals surface area contributed by atoms with Gasteiger partial charge in [-0.1, -0.05) is 25.1 Å². The molecule has 0 aliphatic heterocycles. The van der Waals surface area contributed by atoms with Crippen molar-refractivity contribution in [2.45, 2.75) is 19.4 Å². The zero-order valence-electron chi connectivity index (χ0n) is 11.7. The average Bonchev–Trinajstić information content (AvgIpc) is 2.45. The molecule has 0 saturated heterocycles. The monoisotopic (exact) mass is 268 g/mol. The Kier molecular flexibility index (Phi) is 8.16. The van der Waals surface area contributed by atoms with E-state index in [1.165, 1.54) is 0 Å². The van der Waals surface area contributed by atoms with Gasteiger partial charge in [0.1, 0.15) is 12.4 Å². The van der Waals surface area contributed by atoms with E-state index in [-0.39, 0.29) is 6.04 Å². The van der Waals surface area contributed by atoms with E-state index in [1.807, 2.05) is 24.3 Å². The summed E-state index contributed by atoms with van der Waals surface area (Å²) in [5.74, 6) is 6.41. The van der Waals surface area contributed by atoms with Crippen LogP contribution in [0.4, 0.5) is 0 Å². The van der Waals surface area contributed by atoms with Crippen molar-refractivity contribution in [3.63, 3.8) is 0 Å². The van der Waals surface area contributed by atoms with Gasteiger partial charge >= 0.3 is 0 Å². The van der Waals surface area contributed by atoms with E-state index in [9.17, 15) is 0 Å². The van der Waals surface area contributed by atoms with Gasteiger partial charge in [0.2, 0.25) is 0 Å². The molecule has 5 heteroatoms. The summed E-state index contributed by atoms with van der Waals surface area (Å²) in [6.45, 7) is 4.40. The lowest BCUT2D eigenvalue weighted by Gasteiger charge is -2.19. The second-order valence-corrected chi connectivity index (χ2v) is 4.17. The molecular formula is C14H24N2O3. The van der Waals surface area contributed by atoms with Crippen molar-refractivity contribution in [1.29, 1.82) is 0 Å². The molecule has 0 heterocycles. The number of hydrogen-bond acceptors (Lipinski definition) is 5. The summed E-state index contributed by atoms with van der Waals surface area (Å²) in [7, 11) is 1.65. The fourth-order valence-corrected chi connectivity index (χ4v) is 1.71. The van der Waals surface area contributed by atoms with Crippen LogP contribution in [0.2, 0.25) is 0 Å². The summed E-state index contributed by atoms with van der Waals surface area (Å²) >= 11 is 0. The van der Waals surface area contributed by atoms with Gasteiger partial charge in [0.15, 0.2) is 0 Å². The molecule has 1 rings (SSSR count). The van der Waals surface area contributed by atoms with Gasteiger partial charge in [-0.3, -0.25) is 11.3 Å². The van der Waals surface area contributed by atoms with Gasteiger partial charge in [0.25, 0.3) is 0 Å². The smallest absolute Gasteiger partial charge is 0.124 e. The summed E-state index contributed by atoms with van der Waals surface area (Å²) in [6.07, 6.45) is 0.989. The van der Waals surface area contributed by atoms with Crippen LogP contribution in [-0.4, -0.2) is 33.5 Å². The molecule has 0 fully saturated rings. The molecule has 1 aromatic rings. The summed E-state index contributed by atoms with van der Waals surface area (Å²) < 4.78 is 16.2. The van der Waals surface area contributed by atoms with Crippen LogP contribution in [0.25, 0.3) is 0 Å². The summed E-state index contributed by atoms with van der Waals surface area (Å²) in [6, 6.07) is 7.73. The Balaban J connectivity index is 2.66. The molecule has 0 amide bonds. The molecule has 1 unspecified atom stereocenters. The number of nitrogens with two attached hydrogens (primary N) is 1. The van der Waals surface area contributed by atoms with E-state index < -0.39 is 0 Å². The molecule has 1 atom stereocenters. The maximum absolute atomic E-state index is 5.69. The van der Waals surface area contributed by atoms with Crippen molar-refractivity contribution in [3.8, 4) is 5.75 Å². The van der Waals surface area contributed by atoms with Crippen LogP contribution in [0.15, 0.2) is 24.3 Å². The van der Waals surface area contributed by atoms with E-state index in [0.29, 0.717) is 19.8 Å². The fourth-order valence-electron chi connectivity index (χ4n) is 1.71. The first-order valence-corrected chi connectivity index (χ1v) is 6.58. The van der Waals surface area contributed by atoms with E-state index in [1.54, 1.807) is 7.11 Å². The summed E-state index contributed by atoms with van der Waals surface area (Å²) in [5.41, 5.74) is 3.77. The average molecular weight is 268 g/mol. The highest BCUT2D eigenvalue weighted by Gasteiger charge is 2.14. The Hall–Kier alpha value is -1.14. The predicted molar refractivity (Wildman–Crippen MR) is 75.0 cm³/mol. The number of methoxy groups -OCH3 is 1. The lowest BCUT2D eigenvalue weighted by atomic mass is 10.1. The lowest BCUT2D eigenvalue weighted by Crippen LogP contribution is -2.32. The molecule has 108 valence electrons. The Morgan fingerprint density at radius 1 is 1.21 bits per heavy atom. The predicted octanol–water partition coefficient (Wildman–Crippen LogP) is 1.64. The van der Waals surface area contributed by atoms with Crippen molar-refractivity contribution in [3.05, 3.63) is 29.8 Å². The van der Waals surface area contributed by atoms with Crippen molar-refractivity contribution in [2.75, 3.05) is 33.5 Å². The minimum absolute atomic E-state index is 0.0784. The van der Waals surface area contributed by atoms with E-state index in [0.717, 1.165) is 24.3 Å². The molecule has 0 radical (unpaired) electrons. The quantitative estimate of drug-likeness (QED) is 0.384. The second-order valence-electron chi connectivity index (χ2n) is 4.17. The highest BCUT2D eigenvalue weighted by atomic mass is 16.5. The van der Waals surface area contributed by atoms with Crippen LogP contribution in [-0.2, 0) is 9.47 Å². The number of para-hydroxylation sites is 1. The third-order valence-electron chi connectivity index (χ3n) is 2.67. The molecule has 0 saturated carbocycles. The number of nitrogens with one attached hydrogen (secondary N) is 1. The molecule has 19 heavy (non-hydrogen) atoms. The van der Waals surface area contributed by atoms with Gasteiger partial charge in [-0.2, -0.15) is 0 Å². The molecule has 0 aliphatic carbocycles. The third kappa shape index (κ3) is 5.57. The number of hydrogen-bond donors (Lipinski definition) is 2. The molecule has 3 N–H and O–H groups in total. The van der Waals surface area contributed by atoms with Gasteiger partial charge in [-0.25, -0.2) is 0 Å². The normalized spacial score (nSPS) is 12.4. The van der Waals surface area contributed by atoms with Gasteiger partial charge < -0.3 is 14.2 Å². The first kappa shape index (κ1) is 15.9. The summed E-state index contributed by atoms with van der Waals surface area (Å²) in [4.78, 5) is 0. The first-order valence-electron chi connectivity index (χ1n) is 6.58. The molecule has 5 nitrogen and oxygen atoms in total. The van der Waals surface area contributed by atoms with E-state index >= 15 is 0 Å². The Morgan fingerprint density at radius 3 is 2.68 bits per heavy atom. The highest BCUT2D eigenvalue weighted by molar-refractivity contribution is 5.36. The van der Waals surface area contributed by atoms with Crippen molar-refractivity contribution < 1.29 is 14.2 Å². The maximum Gasteiger partial charge on any atom is 0.124 e. The summed E-state index contributed by atoms with van der Waals surface area (Å²) in [5, 5.41) is 0. The van der Waals surface area contributed by atoms with Crippen LogP contribution in [0.5, 0.6) is 5.75 Å². The van der Waals surface area contributed by atoms with Crippen LogP contribution in [0.1, 0.15) is 24.9 Å². The molecule has 0 aliphatic rings. The first-order chi connectivity index (χ1) is 9.33. The highest BCUT2D eigenvalue weighted by Crippen LogP contribution is 2.24. The van der Waals surface area contributed by atoms with Gasteiger partial charge in [0.05, 0.1) is 19.3 Å². The fraction of sp³-hybridized carbons (Fsp3) is 0.571. The largest absolute Gasteiger partial charge is 0.491 e. The molecular weight excluding hydrogens is 244 g/mol. The topological polar surface area (TPSA) is 65.7 Å². The van der Waals surface area contributed by atoms with Crippen molar-refractivity contribution in [1.82, 2.24) is 5.43 Å². The van der Waals surface area contributed by atoms with Crippen molar-refractivity contribution in [2.24, 2.45) is 5.84 Å². The van der Waals surface area contributed by atoms with Gasteiger partial charge in [0, 0.05) is 19.3 Å². The number of ether oxygens (including phenoxy) is 3. The Bertz CT molecular complexity index is 347. The zero-order chi connectivity index (χ0) is 13.9. The van der Waals surface area contributed by atoms with Crippen molar-refractivity contribution >= 4 is 0 Å². The second kappa shape index (κ2) is 9.75. The number of rotatable bonds is 10. The standard InChI is InChI=1S/C14H24N2O3/c1-3-8-18-11-13(16-15)12-6-4-5-7-14(12)19-10-9-17-2/h4-7,13,16H,3,8-11,15H2,1-2H3. The van der Waals surface area contributed by atoms with Crippen LogP contribution < -0.4 is 16.0 Å². The van der Waals surface area contributed by atoms with Crippen LogP contribution in [0, 0.1) is 0 Å². The SMILES string of the molecule is CCCOCC(NN)c1ccccc1OCCOC. The van der Waals surface area contributed by atoms with Crippen LogP contribution in [0.3, 0.4) is 0 Å². The maximum atomic E-state index is 5.69. The molecule has 0 spiro atoms. The number of benzene rings is 1. The Morgan fingerprint density at radius 2 is 2.00 bits per heavy atom. The van der Waals surface area contributed by atoms with E-state index in [4.69, 9.17) is 20.1 Å². The molecule has 1 aromatic carbocycles.